The highest BCUT2D eigenvalue weighted by molar-refractivity contribution is 6.42. The van der Waals surface area contributed by atoms with Crippen LogP contribution in [-0.4, -0.2) is 18.8 Å². The second kappa shape index (κ2) is 8.02. The lowest BCUT2D eigenvalue weighted by atomic mass is 9.83. The van der Waals surface area contributed by atoms with Gasteiger partial charge in [0.15, 0.2) is 0 Å². The van der Waals surface area contributed by atoms with Crippen molar-refractivity contribution < 1.29 is 8.78 Å². The second-order valence-electron chi connectivity index (χ2n) is 12.2. The zero-order chi connectivity index (χ0) is 32.3. The summed E-state index contributed by atoms with van der Waals surface area (Å²) < 4.78 is 31.4. The average Bonchev–Trinajstić information content (AvgIpc) is 3.67. The second-order valence-corrected chi connectivity index (χ2v) is 12.2. The molecule has 0 spiro atoms. The Labute approximate surface area is 264 Å². The molecule has 0 amide bonds. The first-order valence-corrected chi connectivity index (χ1v) is 14.9. The van der Waals surface area contributed by atoms with Crippen molar-refractivity contribution in [2.75, 3.05) is 0 Å². The molecule has 0 bridgehead atoms. The monoisotopic (exact) mass is 622 g/mol. The third kappa shape index (κ3) is 2.67. The Morgan fingerprint density at radius 2 is 0.958 bits per heavy atom. The maximum atomic E-state index is 14.3. The van der Waals surface area contributed by atoms with E-state index in [-0.39, 0.29) is 16.5 Å². The molecule has 0 saturated heterocycles. The number of benzene rings is 7. The Morgan fingerprint density at radius 1 is 0.500 bits per heavy atom. The van der Waals surface area contributed by atoms with Crippen LogP contribution >= 0.6 is 0 Å². The average molecular weight is 623 g/mol. The van der Waals surface area contributed by atoms with Gasteiger partial charge in [-0.15, -0.1) is 0 Å². The van der Waals surface area contributed by atoms with E-state index in [2.05, 4.69) is 12.1 Å². The van der Waals surface area contributed by atoms with Gasteiger partial charge in [-0.25, -0.2) is 18.7 Å². The maximum Gasteiger partial charge on any atom is 0.264 e. The van der Waals surface area contributed by atoms with Gasteiger partial charge >= 0.3 is 0 Å². The summed E-state index contributed by atoms with van der Waals surface area (Å²) in [5.41, 5.74) is 1.90. The smallest absolute Gasteiger partial charge is 0.264 e. The first kappa shape index (κ1) is 25.2. The predicted molar refractivity (Wildman–Crippen MR) is 179 cm³/mol. The van der Waals surface area contributed by atoms with Crippen molar-refractivity contribution in [3.05, 3.63) is 116 Å². The third-order valence-corrected chi connectivity index (χ3v) is 9.93. The molecule has 0 atom stereocenters. The van der Waals surface area contributed by atoms with E-state index in [1.807, 2.05) is 12.1 Å². The summed E-state index contributed by atoms with van der Waals surface area (Å²) in [6, 6.07) is 23.2. The molecule has 0 saturated carbocycles. The standard InChI is InChI=1S/C38H12F2N6O2/c39-17-1-7-25-27(11-17)45-35(43-25)21-5-3-19-29-15(13-41)9-23-32-22(37(47)46-28-12-18(40)2-8-26(28)44-36(23)46)6-4-20(34(29)32)30-16(14-42)10-24(38(45)48)31(21)33(19)30/h1-12H. The van der Waals surface area contributed by atoms with Gasteiger partial charge < -0.3 is 0 Å². The highest BCUT2D eigenvalue weighted by Crippen LogP contribution is 2.48. The molecule has 8 nitrogen and oxygen atoms in total. The quantitative estimate of drug-likeness (QED) is 0.130. The van der Waals surface area contributed by atoms with Gasteiger partial charge in [0.25, 0.3) is 11.1 Å². The van der Waals surface area contributed by atoms with Crippen LogP contribution in [0.1, 0.15) is 11.1 Å². The van der Waals surface area contributed by atoms with Crippen LogP contribution in [0.4, 0.5) is 8.78 Å². The molecule has 4 aromatic heterocycles. The van der Waals surface area contributed by atoms with Crippen molar-refractivity contribution in [3.63, 3.8) is 0 Å². The number of fused-ring (bicyclic) bond motifs is 10. The van der Waals surface area contributed by atoms with Crippen molar-refractivity contribution in [1.82, 2.24) is 18.8 Å². The summed E-state index contributed by atoms with van der Waals surface area (Å²) >= 11 is 0. The van der Waals surface area contributed by atoms with Crippen LogP contribution in [0, 0.1) is 34.3 Å². The van der Waals surface area contributed by atoms with Crippen molar-refractivity contribution in [3.8, 4) is 12.1 Å². The lowest BCUT2D eigenvalue weighted by molar-refractivity contribution is 0.629. The van der Waals surface area contributed by atoms with E-state index in [1.54, 1.807) is 24.3 Å². The van der Waals surface area contributed by atoms with E-state index < -0.39 is 17.2 Å². The fourth-order valence-electron chi connectivity index (χ4n) is 8.10. The van der Waals surface area contributed by atoms with Gasteiger partial charge in [0.05, 0.1) is 50.7 Å². The Hall–Kier alpha value is -7.04. The minimum Gasteiger partial charge on any atom is -0.268 e. The van der Waals surface area contributed by atoms with Crippen LogP contribution in [-0.2, 0) is 0 Å². The van der Waals surface area contributed by atoms with Crippen LogP contribution < -0.4 is 11.1 Å². The van der Waals surface area contributed by atoms with Gasteiger partial charge in [0.1, 0.15) is 22.9 Å². The zero-order valence-electron chi connectivity index (χ0n) is 24.2. The molecule has 0 fully saturated rings. The SMILES string of the molecule is N#Cc1cc2c(=O)n3c4cc(F)ccc4nc3c3ccc4c5c(C#N)cc6c7c(ccc(c1c4c23)c57)c(=O)n1c2cc(F)ccc2nc61. The maximum absolute atomic E-state index is 14.3. The summed E-state index contributed by atoms with van der Waals surface area (Å²) in [6.45, 7) is 0. The minimum atomic E-state index is -0.506. The fraction of sp³-hybridized carbons (Fsp3) is 0. The van der Waals surface area contributed by atoms with Crippen LogP contribution in [0.3, 0.4) is 0 Å². The van der Waals surface area contributed by atoms with Crippen molar-refractivity contribution >= 4 is 98.0 Å². The highest BCUT2D eigenvalue weighted by Gasteiger charge is 2.27. The molecule has 11 rings (SSSR count). The Morgan fingerprint density at radius 3 is 1.52 bits per heavy atom. The number of halogens is 2. The molecule has 4 heterocycles. The Kier molecular flexibility index (Phi) is 4.21. The topological polar surface area (TPSA) is 116 Å². The molecule has 0 aliphatic carbocycles. The molecule has 11 aromatic rings. The number of nitrogens with zero attached hydrogens (tertiary/aromatic N) is 6. The number of hydrogen-bond acceptors (Lipinski definition) is 6. The van der Waals surface area contributed by atoms with Crippen molar-refractivity contribution in [2.45, 2.75) is 0 Å². The molecule has 220 valence electrons. The number of rotatable bonds is 0. The van der Waals surface area contributed by atoms with Gasteiger partial charge in [-0.1, -0.05) is 12.1 Å². The summed E-state index contributed by atoms with van der Waals surface area (Å²) in [4.78, 5) is 37.7. The number of hydrogen-bond donors (Lipinski definition) is 0. The first-order chi connectivity index (χ1) is 23.4. The molecular weight excluding hydrogens is 610 g/mol. The molecule has 0 radical (unpaired) electrons. The van der Waals surface area contributed by atoms with Crippen LogP contribution in [0.5, 0.6) is 0 Å². The van der Waals surface area contributed by atoms with Crippen molar-refractivity contribution in [2.24, 2.45) is 0 Å². The zero-order valence-corrected chi connectivity index (χ0v) is 24.2. The van der Waals surface area contributed by atoms with Gasteiger partial charge in [-0.3, -0.25) is 18.4 Å². The van der Waals surface area contributed by atoms with Gasteiger partial charge in [0, 0.05) is 60.6 Å². The molecular formula is C38H12F2N6O2. The molecule has 10 heteroatoms. The molecule has 48 heavy (non-hydrogen) atoms. The van der Waals surface area contributed by atoms with Crippen LogP contribution in [0.2, 0.25) is 0 Å². The first-order valence-electron chi connectivity index (χ1n) is 14.9. The van der Waals surface area contributed by atoms with Crippen LogP contribution in [0.15, 0.2) is 82.4 Å². The summed E-state index contributed by atoms with van der Waals surface area (Å²) in [7, 11) is 0. The van der Waals surface area contributed by atoms with E-state index >= 15 is 0 Å². The highest BCUT2D eigenvalue weighted by atomic mass is 19.1. The van der Waals surface area contributed by atoms with Gasteiger partial charge in [-0.2, -0.15) is 10.5 Å². The molecule has 0 aliphatic rings. The summed E-state index contributed by atoms with van der Waals surface area (Å²) in [6.07, 6.45) is 0. The van der Waals surface area contributed by atoms with Crippen molar-refractivity contribution in [1.29, 1.82) is 10.5 Å². The largest absolute Gasteiger partial charge is 0.268 e. The molecule has 0 aliphatic heterocycles. The molecule has 0 unspecified atom stereocenters. The van der Waals surface area contributed by atoms with E-state index in [4.69, 9.17) is 9.97 Å². The summed E-state index contributed by atoms with van der Waals surface area (Å²) in [5, 5.41) is 27.8. The number of imidazole rings is 2. The summed E-state index contributed by atoms with van der Waals surface area (Å²) in [5.74, 6) is -1.01. The lowest BCUT2D eigenvalue weighted by Crippen LogP contribution is -2.14. The normalized spacial score (nSPS) is 12.5. The van der Waals surface area contributed by atoms with E-state index in [0.717, 1.165) is 0 Å². The third-order valence-electron chi connectivity index (χ3n) is 9.93. The predicted octanol–water partition coefficient (Wildman–Crippen LogP) is 7.26. The lowest BCUT2D eigenvalue weighted by Gasteiger charge is -2.20. The van der Waals surface area contributed by atoms with Gasteiger partial charge in [0.2, 0.25) is 0 Å². The molecule has 0 N–H and O–H groups in total. The van der Waals surface area contributed by atoms with E-state index in [9.17, 15) is 28.9 Å². The van der Waals surface area contributed by atoms with E-state index in [1.165, 1.54) is 45.2 Å². The number of aromatic nitrogens is 4. The van der Waals surface area contributed by atoms with Crippen LogP contribution in [0.25, 0.3) is 98.0 Å². The number of nitriles is 2. The van der Waals surface area contributed by atoms with E-state index in [0.29, 0.717) is 98.2 Å². The number of pyridine rings is 2. The fourth-order valence-corrected chi connectivity index (χ4v) is 8.10. The van der Waals surface area contributed by atoms with Gasteiger partial charge in [-0.05, 0) is 59.3 Å². The minimum absolute atomic E-state index is 0.234. The Bertz CT molecular complexity index is 3510. The Balaban J connectivity index is 1.45. The molecule has 7 aromatic carbocycles.